The van der Waals surface area contributed by atoms with Crippen LogP contribution >= 0.6 is 0 Å². The number of hydrogen-bond acceptors (Lipinski definition) is 4. The third-order valence-corrected chi connectivity index (χ3v) is 2.96. The van der Waals surface area contributed by atoms with Gasteiger partial charge in [0.05, 0.1) is 12.2 Å². The average Bonchev–Trinajstić information content (AvgIpc) is 2.57. The van der Waals surface area contributed by atoms with Crippen molar-refractivity contribution in [3.8, 4) is 0 Å². The lowest BCUT2D eigenvalue weighted by Crippen LogP contribution is -2.21. The topological polar surface area (TPSA) is 77.9 Å². The Morgan fingerprint density at radius 1 is 1.44 bits per heavy atom. The van der Waals surface area contributed by atoms with E-state index in [0.717, 1.165) is 22.6 Å². The fourth-order valence-electron chi connectivity index (χ4n) is 1.98. The zero-order chi connectivity index (χ0) is 13.3. The smallest absolute Gasteiger partial charge is 0.251 e. The van der Waals surface area contributed by atoms with E-state index in [1.807, 2.05) is 27.0 Å². The van der Waals surface area contributed by atoms with Gasteiger partial charge in [0.25, 0.3) is 5.56 Å². The lowest BCUT2D eigenvalue weighted by Gasteiger charge is -2.08. The van der Waals surface area contributed by atoms with E-state index in [9.17, 15) is 4.79 Å². The fraction of sp³-hybridized carbons (Fsp3) is 0.333. The highest BCUT2D eigenvalue weighted by Crippen LogP contribution is 2.18. The molecule has 0 radical (unpaired) electrons. The fourth-order valence-corrected chi connectivity index (χ4v) is 1.98. The Labute approximate surface area is 105 Å². The molecular formula is C12H17N5O. The van der Waals surface area contributed by atoms with Crippen molar-refractivity contribution < 1.29 is 0 Å². The van der Waals surface area contributed by atoms with Gasteiger partial charge in [0.1, 0.15) is 5.82 Å². The number of anilines is 1. The Morgan fingerprint density at radius 3 is 2.78 bits per heavy atom. The molecule has 0 spiro atoms. The first-order valence-electron chi connectivity index (χ1n) is 5.69. The first-order valence-corrected chi connectivity index (χ1v) is 5.69. The molecule has 0 saturated heterocycles. The van der Waals surface area contributed by atoms with Gasteiger partial charge in [0.2, 0.25) is 0 Å². The minimum absolute atomic E-state index is 0.0266. The predicted octanol–water partition coefficient (Wildman–Crippen LogP) is 0.533. The van der Waals surface area contributed by atoms with Crippen LogP contribution in [0.4, 0.5) is 5.82 Å². The van der Waals surface area contributed by atoms with Crippen molar-refractivity contribution in [2.75, 3.05) is 5.43 Å². The van der Waals surface area contributed by atoms with Crippen molar-refractivity contribution in [1.82, 2.24) is 14.3 Å². The minimum atomic E-state index is -0.0266. The van der Waals surface area contributed by atoms with Gasteiger partial charge in [0, 0.05) is 24.9 Å². The molecule has 0 bridgehead atoms. The normalized spacial score (nSPS) is 10.7. The highest BCUT2D eigenvalue weighted by atomic mass is 16.1. The zero-order valence-corrected chi connectivity index (χ0v) is 10.8. The molecule has 2 rings (SSSR count). The molecule has 2 heterocycles. The van der Waals surface area contributed by atoms with E-state index in [2.05, 4.69) is 10.5 Å². The summed E-state index contributed by atoms with van der Waals surface area (Å²) >= 11 is 0. The molecule has 2 aromatic rings. The number of hydrazine groups is 1. The molecule has 0 saturated carbocycles. The SMILES string of the molecule is Cc1ccn(Cc2c(C)nn(C)c2NN)c(=O)c1. The average molecular weight is 247 g/mol. The van der Waals surface area contributed by atoms with Crippen molar-refractivity contribution in [2.24, 2.45) is 12.9 Å². The van der Waals surface area contributed by atoms with Gasteiger partial charge in [-0.3, -0.25) is 9.48 Å². The van der Waals surface area contributed by atoms with Gasteiger partial charge < -0.3 is 9.99 Å². The second kappa shape index (κ2) is 4.66. The van der Waals surface area contributed by atoms with Gasteiger partial charge in [-0.2, -0.15) is 5.10 Å². The molecule has 0 aliphatic rings. The maximum absolute atomic E-state index is 11.8. The van der Waals surface area contributed by atoms with E-state index < -0.39 is 0 Å². The van der Waals surface area contributed by atoms with E-state index in [1.165, 1.54) is 0 Å². The molecule has 6 heteroatoms. The van der Waals surface area contributed by atoms with E-state index in [-0.39, 0.29) is 5.56 Å². The lowest BCUT2D eigenvalue weighted by molar-refractivity contribution is 0.751. The van der Waals surface area contributed by atoms with Crippen LogP contribution in [0.1, 0.15) is 16.8 Å². The Balaban J connectivity index is 2.43. The summed E-state index contributed by atoms with van der Waals surface area (Å²) in [6.45, 7) is 4.25. The second-order valence-electron chi connectivity index (χ2n) is 4.35. The van der Waals surface area contributed by atoms with Crippen molar-refractivity contribution in [2.45, 2.75) is 20.4 Å². The van der Waals surface area contributed by atoms with Crippen molar-refractivity contribution in [3.05, 3.63) is 45.5 Å². The van der Waals surface area contributed by atoms with E-state index in [1.54, 1.807) is 21.5 Å². The van der Waals surface area contributed by atoms with E-state index in [4.69, 9.17) is 5.84 Å². The maximum atomic E-state index is 11.8. The first kappa shape index (κ1) is 12.4. The molecule has 0 amide bonds. The number of rotatable bonds is 3. The summed E-state index contributed by atoms with van der Waals surface area (Å²) in [6.07, 6.45) is 1.78. The second-order valence-corrected chi connectivity index (χ2v) is 4.35. The van der Waals surface area contributed by atoms with Crippen LogP contribution in [0.5, 0.6) is 0 Å². The van der Waals surface area contributed by atoms with Gasteiger partial charge in [-0.05, 0) is 25.5 Å². The zero-order valence-electron chi connectivity index (χ0n) is 10.8. The van der Waals surface area contributed by atoms with Gasteiger partial charge in [0.15, 0.2) is 0 Å². The summed E-state index contributed by atoms with van der Waals surface area (Å²) in [5, 5.41) is 4.28. The lowest BCUT2D eigenvalue weighted by atomic mass is 10.2. The number of aryl methyl sites for hydroxylation is 3. The molecule has 0 aliphatic carbocycles. The van der Waals surface area contributed by atoms with Crippen LogP contribution in [0.15, 0.2) is 23.1 Å². The van der Waals surface area contributed by atoms with Crippen LogP contribution in [0.2, 0.25) is 0 Å². The number of nitrogens with one attached hydrogen (secondary N) is 1. The molecule has 0 atom stereocenters. The van der Waals surface area contributed by atoms with Gasteiger partial charge >= 0.3 is 0 Å². The molecular weight excluding hydrogens is 230 g/mol. The monoisotopic (exact) mass is 247 g/mol. The van der Waals surface area contributed by atoms with Crippen molar-refractivity contribution in [3.63, 3.8) is 0 Å². The minimum Gasteiger partial charge on any atom is -0.311 e. The summed E-state index contributed by atoms with van der Waals surface area (Å²) in [7, 11) is 1.81. The van der Waals surface area contributed by atoms with Crippen LogP contribution in [0.3, 0.4) is 0 Å². The first-order chi connectivity index (χ1) is 8.52. The summed E-state index contributed by atoms with van der Waals surface area (Å²) in [5.74, 6) is 6.20. The molecule has 0 fully saturated rings. The number of nitrogens with zero attached hydrogens (tertiary/aromatic N) is 3. The third-order valence-electron chi connectivity index (χ3n) is 2.96. The number of nitrogen functional groups attached to an aromatic ring is 1. The van der Waals surface area contributed by atoms with Crippen LogP contribution in [0.25, 0.3) is 0 Å². The Bertz CT molecular complexity index is 626. The molecule has 6 nitrogen and oxygen atoms in total. The summed E-state index contributed by atoms with van der Waals surface area (Å²) in [5.41, 5.74) is 5.33. The predicted molar refractivity (Wildman–Crippen MR) is 70.3 cm³/mol. The van der Waals surface area contributed by atoms with Gasteiger partial charge in [-0.1, -0.05) is 0 Å². The highest BCUT2D eigenvalue weighted by Gasteiger charge is 2.13. The molecule has 96 valence electrons. The summed E-state index contributed by atoms with van der Waals surface area (Å²) < 4.78 is 3.31. The van der Waals surface area contributed by atoms with Crippen molar-refractivity contribution >= 4 is 5.82 Å². The molecule has 0 aliphatic heterocycles. The van der Waals surface area contributed by atoms with E-state index >= 15 is 0 Å². The number of nitrogens with two attached hydrogens (primary N) is 1. The molecule has 18 heavy (non-hydrogen) atoms. The quantitative estimate of drug-likeness (QED) is 0.612. The largest absolute Gasteiger partial charge is 0.311 e. The summed E-state index contributed by atoms with van der Waals surface area (Å²) in [4.78, 5) is 11.8. The summed E-state index contributed by atoms with van der Waals surface area (Å²) in [6, 6.07) is 3.52. The number of hydrogen-bond donors (Lipinski definition) is 2. The Morgan fingerprint density at radius 2 is 2.17 bits per heavy atom. The standard InChI is InChI=1S/C12H17N5O/c1-8-4-5-17(11(18)6-8)7-10-9(2)15-16(3)12(10)14-13/h4-6,14H,7,13H2,1-3H3. The third kappa shape index (κ3) is 2.14. The molecule has 3 N–H and O–H groups in total. The van der Waals surface area contributed by atoms with Crippen LogP contribution in [-0.4, -0.2) is 14.3 Å². The van der Waals surface area contributed by atoms with Crippen LogP contribution < -0.4 is 16.8 Å². The Kier molecular flexibility index (Phi) is 3.20. The molecule has 0 aromatic carbocycles. The van der Waals surface area contributed by atoms with Gasteiger partial charge in [-0.25, -0.2) is 5.84 Å². The number of aromatic nitrogens is 3. The maximum Gasteiger partial charge on any atom is 0.251 e. The number of pyridine rings is 1. The molecule has 0 unspecified atom stereocenters. The molecule has 2 aromatic heterocycles. The van der Waals surface area contributed by atoms with Gasteiger partial charge in [-0.15, -0.1) is 0 Å². The van der Waals surface area contributed by atoms with Crippen molar-refractivity contribution in [1.29, 1.82) is 0 Å². The Hall–Kier alpha value is -2.08. The van der Waals surface area contributed by atoms with Crippen LogP contribution in [0, 0.1) is 13.8 Å². The van der Waals surface area contributed by atoms with E-state index in [0.29, 0.717) is 6.54 Å². The van der Waals surface area contributed by atoms with Crippen LogP contribution in [-0.2, 0) is 13.6 Å². The highest BCUT2D eigenvalue weighted by molar-refractivity contribution is 5.46.